The van der Waals surface area contributed by atoms with Crippen LogP contribution in [0.15, 0.2) is 48.5 Å². The van der Waals surface area contributed by atoms with Crippen molar-refractivity contribution < 1.29 is 20.1 Å². The Morgan fingerprint density at radius 1 is 0.957 bits per heavy atom. The molecule has 2 aromatic carbocycles. The van der Waals surface area contributed by atoms with Crippen molar-refractivity contribution in [2.75, 3.05) is 13.2 Å². The second-order valence-electron chi connectivity index (χ2n) is 5.88. The first kappa shape index (κ1) is 17.4. The van der Waals surface area contributed by atoms with Crippen LogP contribution in [0.3, 0.4) is 0 Å². The van der Waals surface area contributed by atoms with Gasteiger partial charge in [0.2, 0.25) is 0 Å². The molecule has 0 aliphatic heterocycles. The molecule has 1 unspecified atom stereocenters. The molecule has 0 aliphatic rings. The maximum atomic E-state index is 10.2. The largest absolute Gasteiger partial charge is 0.457 e. The molecule has 0 fully saturated rings. The average molecular weight is 317 g/mol. The summed E-state index contributed by atoms with van der Waals surface area (Å²) in [4.78, 5) is 0. The standard InChI is InChI=1S/C18H23NO4/c1-13-2-6-15(7-3-13)23-16-8-4-14(5-9-16)17(22)10-18(19,11-20)12-21/h2-9,17,20-22H,10-12,19H2,1H3. The predicted octanol–water partition coefficient (Wildman–Crippen LogP) is 1.89. The van der Waals surface area contributed by atoms with Crippen LogP contribution in [-0.4, -0.2) is 34.1 Å². The van der Waals surface area contributed by atoms with E-state index in [4.69, 9.17) is 10.5 Å². The van der Waals surface area contributed by atoms with Crippen molar-refractivity contribution in [3.8, 4) is 11.5 Å². The zero-order chi connectivity index (χ0) is 16.9. The Morgan fingerprint density at radius 3 is 1.91 bits per heavy atom. The van der Waals surface area contributed by atoms with E-state index in [9.17, 15) is 15.3 Å². The van der Waals surface area contributed by atoms with Gasteiger partial charge in [-0.15, -0.1) is 0 Å². The summed E-state index contributed by atoms with van der Waals surface area (Å²) in [6.45, 7) is 1.22. The highest BCUT2D eigenvalue weighted by Crippen LogP contribution is 2.26. The van der Waals surface area contributed by atoms with Gasteiger partial charge in [0.15, 0.2) is 0 Å². The Hall–Kier alpha value is -1.92. The van der Waals surface area contributed by atoms with Crippen molar-refractivity contribution >= 4 is 0 Å². The number of nitrogens with two attached hydrogens (primary N) is 1. The fourth-order valence-electron chi connectivity index (χ4n) is 2.18. The van der Waals surface area contributed by atoms with Gasteiger partial charge in [-0.25, -0.2) is 0 Å². The molecule has 0 radical (unpaired) electrons. The number of aliphatic hydroxyl groups is 3. The third-order valence-electron chi connectivity index (χ3n) is 3.75. The molecular formula is C18H23NO4. The summed E-state index contributed by atoms with van der Waals surface area (Å²) in [5, 5.41) is 28.6. The first-order valence-electron chi connectivity index (χ1n) is 7.49. The molecular weight excluding hydrogens is 294 g/mol. The zero-order valence-electron chi connectivity index (χ0n) is 13.1. The number of hydrogen-bond donors (Lipinski definition) is 4. The fourth-order valence-corrected chi connectivity index (χ4v) is 2.18. The highest BCUT2D eigenvalue weighted by atomic mass is 16.5. The van der Waals surface area contributed by atoms with Crippen molar-refractivity contribution in [1.82, 2.24) is 0 Å². The maximum Gasteiger partial charge on any atom is 0.127 e. The molecule has 0 saturated heterocycles. The number of ether oxygens (including phenoxy) is 1. The van der Waals surface area contributed by atoms with Gasteiger partial charge < -0.3 is 25.8 Å². The second kappa shape index (κ2) is 7.57. The van der Waals surface area contributed by atoms with Crippen molar-refractivity contribution in [2.24, 2.45) is 5.73 Å². The van der Waals surface area contributed by atoms with Gasteiger partial charge in [-0.1, -0.05) is 29.8 Å². The van der Waals surface area contributed by atoms with Gasteiger partial charge in [0, 0.05) is 0 Å². The molecule has 5 nitrogen and oxygen atoms in total. The third kappa shape index (κ3) is 4.77. The molecule has 0 spiro atoms. The van der Waals surface area contributed by atoms with E-state index in [1.54, 1.807) is 24.3 Å². The SMILES string of the molecule is Cc1ccc(Oc2ccc(C(O)CC(N)(CO)CO)cc2)cc1. The molecule has 1 atom stereocenters. The number of aryl methyl sites for hydroxylation is 1. The minimum Gasteiger partial charge on any atom is -0.457 e. The molecule has 124 valence electrons. The summed E-state index contributed by atoms with van der Waals surface area (Å²) in [6, 6.07) is 14.7. The van der Waals surface area contributed by atoms with Gasteiger partial charge in [-0.3, -0.25) is 0 Å². The van der Waals surface area contributed by atoms with Crippen molar-refractivity contribution in [2.45, 2.75) is 25.0 Å². The van der Waals surface area contributed by atoms with Gasteiger partial charge in [0.1, 0.15) is 11.5 Å². The van der Waals surface area contributed by atoms with E-state index in [0.29, 0.717) is 11.3 Å². The van der Waals surface area contributed by atoms with E-state index < -0.39 is 24.9 Å². The van der Waals surface area contributed by atoms with Crippen LogP contribution in [0.5, 0.6) is 11.5 Å². The van der Waals surface area contributed by atoms with Gasteiger partial charge in [-0.05, 0) is 43.2 Å². The fraction of sp³-hybridized carbons (Fsp3) is 0.333. The number of rotatable bonds is 7. The first-order chi connectivity index (χ1) is 11.0. The van der Waals surface area contributed by atoms with E-state index in [-0.39, 0.29) is 6.42 Å². The third-order valence-corrected chi connectivity index (χ3v) is 3.75. The monoisotopic (exact) mass is 317 g/mol. The molecule has 23 heavy (non-hydrogen) atoms. The molecule has 0 saturated carbocycles. The van der Waals surface area contributed by atoms with Crippen LogP contribution in [0.4, 0.5) is 0 Å². The highest BCUT2D eigenvalue weighted by Gasteiger charge is 2.27. The van der Waals surface area contributed by atoms with Crippen LogP contribution in [0, 0.1) is 6.92 Å². The van der Waals surface area contributed by atoms with Crippen LogP contribution in [0.25, 0.3) is 0 Å². The highest BCUT2D eigenvalue weighted by molar-refractivity contribution is 5.34. The van der Waals surface area contributed by atoms with Crippen LogP contribution in [-0.2, 0) is 0 Å². The van der Waals surface area contributed by atoms with Crippen LogP contribution < -0.4 is 10.5 Å². The van der Waals surface area contributed by atoms with E-state index in [1.807, 2.05) is 31.2 Å². The lowest BCUT2D eigenvalue weighted by atomic mass is 9.92. The summed E-state index contributed by atoms with van der Waals surface area (Å²) in [5.41, 5.74) is 6.41. The van der Waals surface area contributed by atoms with Crippen LogP contribution >= 0.6 is 0 Å². The second-order valence-corrected chi connectivity index (χ2v) is 5.88. The molecule has 0 amide bonds. The predicted molar refractivity (Wildman–Crippen MR) is 88.4 cm³/mol. The van der Waals surface area contributed by atoms with Gasteiger partial charge >= 0.3 is 0 Å². The minimum atomic E-state index is -1.20. The lowest BCUT2D eigenvalue weighted by Gasteiger charge is -2.27. The van der Waals surface area contributed by atoms with Gasteiger partial charge in [0.25, 0.3) is 0 Å². The van der Waals surface area contributed by atoms with E-state index in [1.165, 1.54) is 0 Å². The van der Waals surface area contributed by atoms with Crippen LogP contribution in [0.1, 0.15) is 23.7 Å². The molecule has 0 aliphatic carbocycles. The quantitative estimate of drug-likeness (QED) is 0.625. The summed E-state index contributed by atoms with van der Waals surface area (Å²) in [7, 11) is 0. The van der Waals surface area contributed by atoms with E-state index in [0.717, 1.165) is 11.3 Å². The Labute approximate surface area is 136 Å². The van der Waals surface area contributed by atoms with E-state index in [2.05, 4.69) is 0 Å². The van der Waals surface area contributed by atoms with Gasteiger partial charge in [-0.2, -0.15) is 0 Å². The minimum absolute atomic E-state index is 0.0676. The average Bonchev–Trinajstić information content (AvgIpc) is 2.57. The molecule has 5 heteroatoms. The van der Waals surface area contributed by atoms with E-state index >= 15 is 0 Å². The normalized spacial score (nSPS) is 12.9. The summed E-state index contributed by atoms with van der Waals surface area (Å²) >= 11 is 0. The number of hydrogen-bond acceptors (Lipinski definition) is 5. The van der Waals surface area contributed by atoms with Crippen LogP contribution in [0.2, 0.25) is 0 Å². The summed E-state index contributed by atoms with van der Waals surface area (Å²) in [5.74, 6) is 1.40. The Balaban J connectivity index is 2.02. The van der Waals surface area contributed by atoms with Crippen molar-refractivity contribution in [3.63, 3.8) is 0 Å². The maximum absolute atomic E-state index is 10.2. The molecule has 2 rings (SSSR count). The Bertz CT molecular complexity index is 606. The molecule has 2 aromatic rings. The Morgan fingerprint density at radius 2 is 1.43 bits per heavy atom. The number of aliphatic hydroxyl groups excluding tert-OH is 3. The zero-order valence-corrected chi connectivity index (χ0v) is 13.1. The van der Waals surface area contributed by atoms with Crippen molar-refractivity contribution in [3.05, 3.63) is 59.7 Å². The molecule has 0 heterocycles. The Kier molecular flexibility index (Phi) is 5.74. The lowest BCUT2D eigenvalue weighted by Crippen LogP contribution is -2.48. The topological polar surface area (TPSA) is 95.9 Å². The smallest absolute Gasteiger partial charge is 0.127 e. The first-order valence-corrected chi connectivity index (χ1v) is 7.49. The number of benzene rings is 2. The molecule has 0 aromatic heterocycles. The summed E-state index contributed by atoms with van der Waals surface area (Å²) in [6.07, 6.45) is -0.800. The molecule has 0 bridgehead atoms. The lowest BCUT2D eigenvalue weighted by molar-refractivity contribution is 0.0618. The van der Waals surface area contributed by atoms with Crippen molar-refractivity contribution in [1.29, 1.82) is 0 Å². The summed E-state index contributed by atoms with van der Waals surface area (Å²) < 4.78 is 5.73. The van der Waals surface area contributed by atoms with Gasteiger partial charge in [0.05, 0.1) is 24.9 Å². The molecule has 5 N–H and O–H groups in total.